The van der Waals surface area contributed by atoms with Crippen molar-refractivity contribution < 1.29 is 23.9 Å². The molecule has 9 nitrogen and oxygen atoms in total. The number of carbonyl (C=O) groups is 3. The van der Waals surface area contributed by atoms with Crippen molar-refractivity contribution in [3.63, 3.8) is 0 Å². The van der Waals surface area contributed by atoms with Crippen LogP contribution in [-0.4, -0.2) is 71.1 Å². The lowest BCUT2D eigenvalue weighted by molar-refractivity contribution is -0.134. The molecule has 1 aromatic rings. The quantitative estimate of drug-likeness (QED) is 0.617. The van der Waals surface area contributed by atoms with E-state index in [1.807, 2.05) is 24.4 Å². The molecule has 34 heavy (non-hydrogen) atoms. The highest BCUT2D eigenvalue weighted by Crippen LogP contribution is 2.35. The average molecular weight is 489 g/mol. The SMILES string of the molecule is CC1(C)OC(=O)N(CC2C=CC3=C(C2)C(=Cc2cc(CN4CCOCC4)c[nH]2)C(=O)N3)C1=O.Cl. The molecule has 1 aromatic heterocycles. The van der Waals surface area contributed by atoms with Gasteiger partial charge in [-0.15, -0.1) is 12.4 Å². The third kappa shape index (κ3) is 4.68. The summed E-state index contributed by atoms with van der Waals surface area (Å²) in [5.74, 6) is -0.575. The van der Waals surface area contributed by atoms with Crippen molar-refractivity contribution in [3.8, 4) is 0 Å². The fourth-order valence-electron chi connectivity index (χ4n) is 4.67. The van der Waals surface area contributed by atoms with Crippen molar-refractivity contribution >= 4 is 36.4 Å². The molecule has 2 saturated heterocycles. The number of ether oxygens (including phenoxy) is 2. The van der Waals surface area contributed by atoms with Gasteiger partial charge >= 0.3 is 6.09 Å². The standard InChI is InChI=1S/C24H28N4O5.ClH/c1-24(2)22(30)28(23(31)33-24)14-15-3-4-20-18(10-15)19(21(29)26-20)11-17-9-16(12-25-17)13-27-5-7-32-8-6-27;/h3-4,9,11-12,15,25H,5-8,10,13-14H2,1-2H3,(H,26,29);1H. The molecular formula is C24H29ClN4O5. The van der Waals surface area contributed by atoms with E-state index in [9.17, 15) is 14.4 Å². The number of rotatable bonds is 5. The summed E-state index contributed by atoms with van der Waals surface area (Å²) in [4.78, 5) is 44.1. The number of hydrogen-bond donors (Lipinski definition) is 2. The number of aromatic nitrogens is 1. The Balaban J connectivity index is 0.00000274. The Kier molecular flexibility index (Phi) is 6.71. The molecule has 3 aliphatic heterocycles. The van der Waals surface area contributed by atoms with Gasteiger partial charge in [-0.2, -0.15) is 0 Å². The Morgan fingerprint density at radius 2 is 1.97 bits per heavy atom. The van der Waals surface area contributed by atoms with Gasteiger partial charge in [0.05, 0.1) is 13.2 Å². The van der Waals surface area contributed by atoms with Crippen LogP contribution in [0, 0.1) is 5.92 Å². The van der Waals surface area contributed by atoms with Gasteiger partial charge in [-0.05, 0) is 55.5 Å². The second kappa shape index (κ2) is 9.40. The van der Waals surface area contributed by atoms with Gasteiger partial charge in [0.2, 0.25) is 0 Å². The number of morpholine rings is 1. The lowest BCUT2D eigenvalue weighted by Crippen LogP contribution is -2.39. The van der Waals surface area contributed by atoms with Gasteiger partial charge in [-0.1, -0.05) is 6.08 Å². The first-order valence-corrected chi connectivity index (χ1v) is 11.3. The van der Waals surface area contributed by atoms with E-state index >= 15 is 0 Å². The van der Waals surface area contributed by atoms with Gasteiger partial charge in [0, 0.05) is 49.3 Å². The molecule has 0 aromatic carbocycles. The van der Waals surface area contributed by atoms with Crippen molar-refractivity contribution in [3.05, 3.63) is 52.5 Å². The molecule has 2 fully saturated rings. The number of nitrogens with zero attached hydrogens (tertiary/aromatic N) is 2. The highest BCUT2D eigenvalue weighted by Gasteiger charge is 2.47. The number of allylic oxidation sites excluding steroid dienone is 1. The van der Waals surface area contributed by atoms with Gasteiger partial charge < -0.3 is 19.8 Å². The molecule has 2 N–H and O–H groups in total. The highest BCUT2D eigenvalue weighted by atomic mass is 35.5. The van der Waals surface area contributed by atoms with Crippen molar-refractivity contribution in [1.29, 1.82) is 0 Å². The topological polar surface area (TPSA) is 104 Å². The number of halogens is 1. The number of H-pyrrole nitrogens is 1. The Morgan fingerprint density at radius 3 is 2.68 bits per heavy atom. The molecule has 1 atom stereocenters. The van der Waals surface area contributed by atoms with Crippen molar-refractivity contribution in [1.82, 2.24) is 20.1 Å². The lowest BCUT2D eigenvalue weighted by Gasteiger charge is -2.25. The summed E-state index contributed by atoms with van der Waals surface area (Å²) in [6.45, 7) is 7.59. The highest BCUT2D eigenvalue weighted by molar-refractivity contribution is 6.07. The minimum atomic E-state index is -1.14. The Morgan fingerprint density at radius 1 is 1.21 bits per heavy atom. The fourth-order valence-corrected chi connectivity index (χ4v) is 4.67. The maximum Gasteiger partial charge on any atom is 0.417 e. The fraction of sp³-hybridized carbons (Fsp3) is 0.458. The molecule has 0 spiro atoms. The van der Waals surface area contributed by atoms with E-state index in [0.717, 1.165) is 60.3 Å². The van der Waals surface area contributed by atoms with Crippen LogP contribution in [0.5, 0.6) is 0 Å². The first-order chi connectivity index (χ1) is 15.8. The summed E-state index contributed by atoms with van der Waals surface area (Å²) in [7, 11) is 0. The van der Waals surface area contributed by atoms with E-state index in [4.69, 9.17) is 9.47 Å². The summed E-state index contributed by atoms with van der Waals surface area (Å²) in [6, 6.07) is 2.06. The van der Waals surface area contributed by atoms with Gasteiger partial charge in [0.15, 0.2) is 5.60 Å². The predicted molar refractivity (Wildman–Crippen MR) is 127 cm³/mol. The second-order valence-electron chi connectivity index (χ2n) is 9.37. The molecule has 0 radical (unpaired) electrons. The first kappa shape index (κ1) is 24.3. The molecule has 182 valence electrons. The van der Waals surface area contributed by atoms with E-state index in [2.05, 4.69) is 21.3 Å². The van der Waals surface area contributed by atoms with Gasteiger partial charge in [0.25, 0.3) is 11.8 Å². The molecule has 1 unspecified atom stereocenters. The van der Waals surface area contributed by atoms with Crippen molar-refractivity contribution in [2.45, 2.75) is 32.4 Å². The van der Waals surface area contributed by atoms with Crippen LogP contribution < -0.4 is 5.32 Å². The van der Waals surface area contributed by atoms with Crippen LogP contribution in [-0.2, 0) is 25.6 Å². The first-order valence-electron chi connectivity index (χ1n) is 11.3. The van der Waals surface area contributed by atoms with E-state index in [0.29, 0.717) is 12.0 Å². The summed E-state index contributed by atoms with van der Waals surface area (Å²) in [6.07, 6.45) is 7.57. The van der Waals surface area contributed by atoms with Crippen LogP contribution in [0.4, 0.5) is 4.79 Å². The van der Waals surface area contributed by atoms with Crippen LogP contribution in [0.2, 0.25) is 0 Å². The van der Waals surface area contributed by atoms with Crippen LogP contribution in [0.15, 0.2) is 41.3 Å². The Hall–Kier alpha value is -2.88. The normalized spacial score (nSPS) is 25.5. The number of nitrogens with one attached hydrogen (secondary N) is 2. The molecule has 4 aliphatic rings. The van der Waals surface area contributed by atoms with Crippen molar-refractivity contribution in [2.24, 2.45) is 5.92 Å². The molecule has 3 amide bonds. The number of amides is 3. The molecular weight excluding hydrogens is 460 g/mol. The van der Waals surface area contributed by atoms with Crippen LogP contribution in [0.3, 0.4) is 0 Å². The number of cyclic esters (lactones) is 1. The minimum absolute atomic E-state index is 0. The largest absolute Gasteiger partial charge is 0.433 e. The van der Waals surface area contributed by atoms with Gasteiger partial charge in [-0.3, -0.25) is 14.5 Å². The molecule has 0 bridgehead atoms. The summed E-state index contributed by atoms with van der Waals surface area (Å²) >= 11 is 0. The summed E-state index contributed by atoms with van der Waals surface area (Å²) in [5, 5.41) is 2.92. The minimum Gasteiger partial charge on any atom is -0.433 e. The zero-order valence-corrected chi connectivity index (χ0v) is 20.1. The summed E-state index contributed by atoms with van der Waals surface area (Å²) < 4.78 is 10.6. The smallest absolute Gasteiger partial charge is 0.417 e. The Bertz CT molecular complexity index is 1100. The number of carbonyl (C=O) groups excluding carboxylic acids is 3. The third-order valence-electron chi connectivity index (χ3n) is 6.46. The molecule has 1 aliphatic carbocycles. The van der Waals surface area contributed by atoms with E-state index in [-0.39, 0.29) is 36.7 Å². The second-order valence-corrected chi connectivity index (χ2v) is 9.37. The predicted octanol–water partition coefficient (Wildman–Crippen LogP) is 2.37. The lowest BCUT2D eigenvalue weighted by atomic mass is 9.89. The molecule has 4 heterocycles. The zero-order valence-electron chi connectivity index (χ0n) is 19.3. The number of imide groups is 1. The summed E-state index contributed by atoms with van der Waals surface area (Å²) in [5.41, 5.74) is 3.17. The third-order valence-corrected chi connectivity index (χ3v) is 6.46. The average Bonchev–Trinajstić information content (AvgIpc) is 3.40. The van der Waals surface area contributed by atoms with Gasteiger partial charge in [-0.25, -0.2) is 9.69 Å². The van der Waals surface area contributed by atoms with Crippen molar-refractivity contribution in [2.75, 3.05) is 32.8 Å². The van der Waals surface area contributed by atoms with E-state index < -0.39 is 11.7 Å². The monoisotopic (exact) mass is 488 g/mol. The van der Waals surface area contributed by atoms with Crippen LogP contribution in [0.25, 0.3) is 6.08 Å². The maximum atomic E-state index is 12.7. The zero-order chi connectivity index (χ0) is 23.2. The van der Waals surface area contributed by atoms with E-state index in [1.165, 1.54) is 0 Å². The van der Waals surface area contributed by atoms with E-state index in [1.54, 1.807) is 13.8 Å². The molecule has 0 saturated carbocycles. The number of hydrogen-bond acceptors (Lipinski definition) is 6. The molecule has 10 heteroatoms. The molecule has 5 rings (SSSR count). The van der Waals surface area contributed by atoms with Gasteiger partial charge in [0.1, 0.15) is 0 Å². The van der Waals surface area contributed by atoms with Crippen LogP contribution >= 0.6 is 12.4 Å². The maximum absolute atomic E-state index is 12.7. The van der Waals surface area contributed by atoms with Crippen LogP contribution in [0.1, 0.15) is 31.5 Å². The number of aromatic amines is 1. The Labute approximate surface area is 204 Å².